The molecule has 1 aromatic carbocycles. The molecule has 1 saturated heterocycles. The standard InChI is InChI=1S/C16H21N3/c1-18-8-4-5-13-11-14(6-7-15(13)18)16(12-17)19-9-2-3-10-19/h6-7,11,16H,2-5,8-10H2,1H3. The molecule has 2 aliphatic heterocycles. The lowest BCUT2D eigenvalue weighted by atomic mass is 9.96. The van der Waals surface area contributed by atoms with Gasteiger partial charge in [0.1, 0.15) is 6.04 Å². The zero-order valence-corrected chi connectivity index (χ0v) is 11.6. The Balaban J connectivity index is 1.90. The molecule has 0 spiro atoms. The molecule has 0 saturated carbocycles. The second-order valence-electron chi connectivity index (χ2n) is 5.69. The zero-order valence-electron chi connectivity index (χ0n) is 11.6. The molecule has 0 N–H and O–H groups in total. The van der Waals surface area contributed by atoms with E-state index >= 15 is 0 Å². The molecule has 1 atom stereocenters. The van der Waals surface area contributed by atoms with Crippen LogP contribution in [0, 0.1) is 11.3 Å². The number of nitriles is 1. The first-order valence-corrected chi connectivity index (χ1v) is 7.27. The van der Waals surface area contributed by atoms with Gasteiger partial charge in [-0.2, -0.15) is 5.26 Å². The lowest BCUT2D eigenvalue weighted by molar-refractivity contribution is 0.294. The van der Waals surface area contributed by atoms with E-state index < -0.39 is 0 Å². The molecular formula is C16H21N3. The number of nitrogens with zero attached hydrogens (tertiary/aromatic N) is 3. The first-order chi connectivity index (χ1) is 9.29. The summed E-state index contributed by atoms with van der Waals surface area (Å²) in [5.41, 5.74) is 3.93. The normalized spacial score (nSPS) is 20.9. The Bertz CT molecular complexity index is 497. The van der Waals surface area contributed by atoms with E-state index in [0.29, 0.717) is 0 Å². The number of rotatable bonds is 2. The van der Waals surface area contributed by atoms with Gasteiger partial charge in [-0.05, 0) is 56.0 Å². The summed E-state index contributed by atoms with van der Waals surface area (Å²) in [5.74, 6) is 0. The molecular weight excluding hydrogens is 234 g/mol. The van der Waals surface area contributed by atoms with Crippen molar-refractivity contribution in [1.29, 1.82) is 5.26 Å². The van der Waals surface area contributed by atoms with Crippen LogP contribution in [0.15, 0.2) is 18.2 Å². The average Bonchev–Trinajstić information content (AvgIpc) is 2.94. The molecule has 100 valence electrons. The van der Waals surface area contributed by atoms with Crippen molar-refractivity contribution in [3.63, 3.8) is 0 Å². The van der Waals surface area contributed by atoms with Gasteiger partial charge in [0.15, 0.2) is 0 Å². The summed E-state index contributed by atoms with van der Waals surface area (Å²) < 4.78 is 0. The summed E-state index contributed by atoms with van der Waals surface area (Å²) in [4.78, 5) is 4.63. The van der Waals surface area contributed by atoms with Gasteiger partial charge in [-0.25, -0.2) is 0 Å². The summed E-state index contributed by atoms with van der Waals surface area (Å²) >= 11 is 0. The van der Waals surface area contributed by atoms with Gasteiger partial charge in [-0.1, -0.05) is 12.1 Å². The number of hydrogen-bond donors (Lipinski definition) is 0. The van der Waals surface area contributed by atoms with Crippen LogP contribution in [0.2, 0.25) is 0 Å². The smallest absolute Gasteiger partial charge is 0.123 e. The molecule has 3 nitrogen and oxygen atoms in total. The second-order valence-corrected chi connectivity index (χ2v) is 5.69. The first kappa shape index (κ1) is 12.5. The Morgan fingerprint density at radius 2 is 1.95 bits per heavy atom. The Kier molecular flexibility index (Phi) is 3.44. The molecule has 19 heavy (non-hydrogen) atoms. The summed E-state index contributed by atoms with van der Waals surface area (Å²) in [6.45, 7) is 3.27. The van der Waals surface area contributed by atoms with Gasteiger partial charge in [0.25, 0.3) is 0 Å². The molecule has 0 bridgehead atoms. The van der Waals surface area contributed by atoms with Crippen molar-refractivity contribution in [2.75, 3.05) is 31.6 Å². The summed E-state index contributed by atoms with van der Waals surface area (Å²) in [5, 5.41) is 9.49. The number of aryl methyl sites for hydroxylation is 1. The van der Waals surface area contributed by atoms with E-state index in [-0.39, 0.29) is 6.04 Å². The highest BCUT2D eigenvalue weighted by atomic mass is 15.2. The number of anilines is 1. The third kappa shape index (κ3) is 2.33. The van der Waals surface area contributed by atoms with E-state index in [0.717, 1.165) is 26.1 Å². The summed E-state index contributed by atoms with van der Waals surface area (Å²) in [6, 6.07) is 9.04. The minimum atomic E-state index is -0.0555. The maximum Gasteiger partial charge on any atom is 0.123 e. The maximum absolute atomic E-state index is 9.49. The highest BCUT2D eigenvalue weighted by molar-refractivity contribution is 5.56. The van der Waals surface area contributed by atoms with Crippen LogP contribution in [0.5, 0.6) is 0 Å². The van der Waals surface area contributed by atoms with E-state index in [9.17, 15) is 5.26 Å². The van der Waals surface area contributed by atoms with Gasteiger partial charge < -0.3 is 4.90 Å². The molecule has 0 amide bonds. The molecule has 3 heteroatoms. The van der Waals surface area contributed by atoms with Gasteiger partial charge in [0.05, 0.1) is 6.07 Å². The first-order valence-electron chi connectivity index (χ1n) is 7.27. The lowest BCUT2D eigenvalue weighted by Crippen LogP contribution is -2.27. The monoisotopic (exact) mass is 255 g/mol. The van der Waals surface area contributed by atoms with Crippen LogP contribution in [0.1, 0.15) is 36.4 Å². The van der Waals surface area contributed by atoms with Crippen LogP contribution >= 0.6 is 0 Å². The topological polar surface area (TPSA) is 30.3 Å². The average molecular weight is 255 g/mol. The van der Waals surface area contributed by atoms with E-state index in [2.05, 4.69) is 41.1 Å². The van der Waals surface area contributed by atoms with Gasteiger partial charge in [0, 0.05) is 19.3 Å². The molecule has 1 aromatic rings. The van der Waals surface area contributed by atoms with Gasteiger partial charge in [-0.15, -0.1) is 0 Å². The third-order valence-corrected chi connectivity index (χ3v) is 4.40. The summed E-state index contributed by atoms with van der Waals surface area (Å²) in [6.07, 6.45) is 4.82. The van der Waals surface area contributed by atoms with Crippen LogP contribution in [-0.2, 0) is 6.42 Å². The molecule has 1 fully saturated rings. The van der Waals surface area contributed by atoms with Crippen LogP contribution < -0.4 is 4.90 Å². The quantitative estimate of drug-likeness (QED) is 0.814. The molecule has 3 rings (SSSR count). The zero-order chi connectivity index (χ0) is 13.2. The fraction of sp³-hybridized carbons (Fsp3) is 0.562. The van der Waals surface area contributed by atoms with Crippen LogP contribution in [0.25, 0.3) is 0 Å². The number of hydrogen-bond acceptors (Lipinski definition) is 3. The van der Waals surface area contributed by atoms with E-state index in [4.69, 9.17) is 0 Å². The minimum absolute atomic E-state index is 0.0555. The predicted molar refractivity (Wildman–Crippen MR) is 77.2 cm³/mol. The molecule has 2 heterocycles. The summed E-state index contributed by atoms with van der Waals surface area (Å²) in [7, 11) is 2.15. The highest BCUT2D eigenvalue weighted by Crippen LogP contribution is 2.31. The van der Waals surface area contributed by atoms with Crippen LogP contribution in [0.4, 0.5) is 5.69 Å². The number of likely N-dealkylation sites (tertiary alicyclic amines) is 1. The van der Waals surface area contributed by atoms with Crippen molar-refractivity contribution in [2.24, 2.45) is 0 Å². The van der Waals surface area contributed by atoms with Crippen molar-refractivity contribution in [1.82, 2.24) is 4.90 Å². The van der Waals surface area contributed by atoms with Crippen molar-refractivity contribution < 1.29 is 0 Å². The molecule has 0 aromatic heterocycles. The molecule has 1 unspecified atom stereocenters. The Morgan fingerprint density at radius 1 is 1.16 bits per heavy atom. The Morgan fingerprint density at radius 3 is 2.68 bits per heavy atom. The number of benzene rings is 1. The Hall–Kier alpha value is -1.53. The maximum atomic E-state index is 9.49. The molecule has 0 radical (unpaired) electrons. The van der Waals surface area contributed by atoms with E-state index in [1.807, 2.05) is 0 Å². The minimum Gasteiger partial charge on any atom is -0.374 e. The van der Waals surface area contributed by atoms with Gasteiger partial charge >= 0.3 is 0 Å². The van der Waals surface area contributed by atoms with Crippen molar-refractivity contribution in [2.45, 2.75) is 31.7 Å². The van der Waals surface area contributed by atoms with Gasteiger partial charge in [0.2, 0.25) is 0 Å². The van der Waals surface area contributed by atoms with E-state index in [1.165, 1.54) is 36.1 Å². The lowest BCUT2D eigenvalue weighted by Gasteiger charge is -2.29. The highest BCUT2D eigenvalue weighted by Gasteiger charge is 2.24. The Labute approximate surface area is 115 Å². The van der Waals surface area contributed by atoms with Crippen molar-refractivity contribution in [3.05, 3.63) is 29.3 Å². The largest absolute Gasteiger partial charge is 0.374 e. The fourth-order valence-electron chi connectivity index (χ4n) is 3.34. The number of fused-ring (bicyclic) bond motifs is 1. The SMILES string of the molecule is CN1CCCc2cc(C(C#N)N3CCCC3)ccc21. The van der Waals surface area contributed by atoms with Crippen LogP contribution in [-0.4, -0.2) is 31.6 Å². The predicted octanol–water partition coefficient (Wildman–Crippen LogP) is 2.73. The molecule has 0 aliphatic carbocycles. The second kappa shape index (κ2) is 5.22. The van der Waals surface area contributed by atoms with E-state index in [1.54, 1.807) is 0 Å². The van der Waals surface area contributed by atoms with Crippen LogP contribution in [0.3, 0.4) is 0 Å². The van der Waals surface area contributed by atoms with Crippen molar-refractivity contribution >= 4 is 5.69 Å². The fourth-order valence-corrected chi connectivity index (χ4v) is 3.34. The van der Waals surface area contributed by atoms with Crippen molar-refractivity contribution in [3.8, 4) is 6.07 Å². The third-order valence-electron chi connectivity index (χ3n) is 4.40. The van der Waals surface area contributed by atoms with Gasteiger partial charge in [-0.3, -0.25) is 4.90 Å². The molecule has 2 aliphatic rings.